The summed E-state index contributed by atoms with van der Waals surface area (Å²) in [7, 11) is 0. The monoisotopic (exact) mass is 291 g/mol. The van der Waals surface area contributed by atoms with Crippen molar-refractivity contribution in [2.24, 2.45) is 5.73 Å². The summed E-state index contributed by atoms with van der Waals surface area (Å²) in [4.78, 5) is 7.67. The second-order valence-corrected chi connectivity index (χ2v) is 5.19. The number of aromatic amines is 1. The Bertz CT molecular complexity index is 736. The smallest absolute Gasteiger partial charge is 0.128 e. The van der Waals surface area contributed by atoms with E-state index in [1.165, 1.54) is 0 Å². The van der Waals surface area contributed by atoms with Crippen LogP contribution in [0.3, 0.4) is 0 Å². The molecule has 19 heavy (non-hydrogen) atoms. The Kier molecular flexibility index (Phi) is 3.19. The Morgan fingerprint density at radius 3 is 2.63 bits per heavy atom. The molecule has 1 aromatic heterocycles. The summed E-state index contributed by atoms with van der Waals surface area (Å²) in [5.41, 5.74) is 8.84. The van der Waals surface area contributed by atoms with Gasteiger partial charge in [-0.25, -0.2) is 4.98 Å². The lowest BCUT2D eigenvalue weighted by molar-refractivity contribution is 0.806. The van der Waals surface area contributed by atoms with Crippen LogP contribution in [0.4, 0.5) is 0 Å². The number of imidazole rings is 1. The molecule has 0 bridgehead atoms. The second-order valence-electron chi connectivity index (χ2n) is 4.32. The number of nitrogens with two attached hydrogens (primary N) is 1. The number of nitrogens with one attached hydrogen (secondary N) is 1. The molecule has 5 heteroatoms. The molecule has 0 aliphatic heterocycles. The fourth-order valence-corrected chi connectivity index (χ4v) is 2.37. The van der Waals surface area contributed by atoms with Crippen molar-refractivity contribution in [1.82, 2.24) is 9.97 Å². The summed E-state index contributed by atoms with van der Waals surface area (Å²) in [5, 5.41) is 1.31. The Morgan fingerprint density at radius 1 is 1.05 bits per heavy atom. The van der Waals surface area contributed by atoms with E-state index in [1.54, 1.807) is 0 Å². The van der Waals surface area contributed by atoms with Gasteiger partial charge in [0.15, 0.2) is 0 Å². The van der Waals surface area contributed by atoms with Crippen LogP contribution in [0, 0.1) is 0 Å². The molecule has 1 atom stereocenters. The first-order valence-electron chi connectivity index (χ1n) is 5.80. The predicted octanol–water partition coefficient (Wildman–Crippen LogP) is 3.92. The highest BCUT2D eigenvalue weighted by molar-refractivity contribution is 6.31. The molecule has 3 aromatic rings. The van der Waals surface area contributed by atoms with E-state index in [2.05, 4.69) is 9.97 Å². The lowest BCUT2D eigenvalue weighted by Crippen LogP contribution is -2.13. The van der Waals surface area contributed by atoms with Crippen LogP contribution in [0.5, 0.6) is 0 Å². The quantitative estimate of drug-likeness (QED) is 0.752. The van der Waals surface area contributed by atoms with Gasteiger partial charge >= 0.3 is 0 Å². The largest absolute Gasteiger partial charge is 0.340 e. The van der Waals surface area contributed by atoms with Crippen molar-refractivity contribution in [3.63, 3.8) is 0 Å². The Morgan fingerprint density at radius 2 is 1.84 bits per heavy atom. The average molecular weight is 292 g/mol. The summed E-state index contributed by atoms with van der Waals surface area (Å²) >= 11 is 11.9. The third-order valence-electron chi connectivity index (χ3n) is 2.97. The first-order valence-corrected chi connectivity index (χ1v) is 6.55. The van der Waals surface area contributed by atoms with E-state index in [0.717, 1.165) is 16.6 Å². The van der Waals surface area contributed by atoms with Crippen molar-refractivity contribution in [3.05, 3.63) is 63.9 Å². The van der Waals surface area contributed by atoms with E-state index in [-0.39, 0.29) is 6.04 Å². The predicted molar refractivity (Wildman–Crippen MR) is 78.6 cm³/mol. The van der Waals surface area contributed by atoms with E-state index >= 15 is 0 Å². The minimum atomic E-state index is -0.343. The maximum Gasteiger partial charge on any atom is 0.128 e. The fourth-order valence-electron chi connectivity index (χ4n) is 2.00. The van der Waals surface area contributed by atoms with Crippen LogP contribution in [0.25, 0.3) is 11.0 Å². The van der Waals surface area contributed by atoms with Crippen molar-refractivity contribution < 1.29 is 0 Å². The van der Waals surface area contributed by atoms with Crippen molar-refractivity contribution >= 4 is 34.2 Å². The standard InChI is InChI=1S/C14H11Cl2N3/c15-9-3-1-2-8(6-9)13(17)14-18-11-5-4-10(16)7-12(11)19-14/h1-7,13H,17H2,(H,18,19). The molecule has 0 aliphatic carbocycles. The highest BCUT2D eigenvalue weighted by Crippen LogP contribution is 2.24. The van der Waals surface area contributed by atoms with Crippen molar-refractivity contribution in [3.8, 4) is 0 Å². The molecule has 1 unspecified atom stereocenters. The van der Waals surface area contributed by atoms with Crippen molar-refractivity contribution in [1.29, 1.82) is 0 Å². The third kappa shape index (κ3) is 2.45. The van der Waals surface area contributed by atoms with Gasteiger partial charge in [-0.05, 0) is 35.9 Å². The highest BCUT2D eigenvalue weighted by Gasteiger charge is 2.13. The number of aromatic nitrogens is 2. The molecule has 0 fully saturated rings. The molecule has 0 aliphatic rings. The van der Waals surface area contributed by atoms with E-state index in [4.69, 9.17) is 28.9 Å². The molecular weight excluding hydrogens is 281 g/mol. The lowest BCUT2D eigenvalue weighted by Gasteiger charge is -2.09. The van der Waals surface area contributed by atoms with E-state index in [9.17, 15) is 0 Å². The van der Waals surface area contributed by atoms with Crippen LogP contribution < -0.4 is 5.73 Å². The number of benzene rings is 2. The zero-order valence-corrected chi connectivity index (χ0v) is 11.4. The molecule has 3 rings (SSSR count). The number of hydrogen-bond acceptors (Lipinski definition) is 2. The van der Waals surface area contributed by atoms with Crippen LogP contribution in [0.1, 0.15) is 17.4 Å². The third-order valence-corrected chi connectivity index (χ3v) is 3.44. The Hall–Kier alpha value is -1.55. The highest BCUT2D eigenvalue weighted by atomic mass is 35.5. The first-order chi connectivity index (χ1) is 9.13. The lowest BCUT2D eigenvalue weighted by atomic mass is 10.1. The molecule has 96 valence electrons. The van der Waals surface area contributed by atoms with Crippen LogP contribution >= 0.6 is 23.2 Å². The van der Waals surface area contributed by atoms with E-state index in [0.29, 0.717) is 15.9 Å². The summed E-state index contributed by atoms with van der Waals surface area (Å²) in [6.45, 7) is 0. The molecule has 0 saturated carbocycles. The van der Waals surface area contributed by atoms with Crippen molar-refractivity contribution in [2.75, 3.05) is 0 Å². The van der Waals surface area contributed by atoms with Gasteiger partial charge in [-0.2, -0.15) is 0 Å². The molecule has 0 saturated heterocycles. The van der Waals surface area contributed by atoms with Gasteiger partial charge in [0.05, 0.1) is 17.1 Å². The Labute approximate surface area is 120 Å². The minimum absolute atomic E-state index is 0.343. The maximum atomic E-state index is 6.20. The van der Waals surface area contributed by atoms with Crippen LogP contribution in [-0.2, 0) is 0 Å². The minimum Gasteiger partial charge on any atom is -0.340 e. The van der Waals surface area contributed by atoms with Crippen LogP contribution in [-0.4, -0.2) is 9.97 Å². The van der Waals surface area contributed by atoms with Gasteiger partial charge in [0, 0.05) is 10.0 Å². The SMILES string of the molecule is NC(c1cccc(Cl)c1)c1nc2cc(Cl)ccc2[nH]1. The van der Waals surface area contributed by atoms with Crippen LogP contribution in [0.15, 0.2) is 42.5 Å². The molecule has 1 heterocycles. The number of H-pyrrole nitrogens is 1. The Balaban J connectivity index is 2.04. The summed E-state index contributed by atoms with van der Waals surface area (Å²) in [6, 6.07) is 12.6. The van der Waals surface area contributed by atoms with Crippen molar-refractivity contribution in [2.45, 2.75) is 6.04 Å². The molecule has 0 amide bonds. The number of rotatable bonds is 2. The molecular formula is C14H11Cl2N3. The van der Waals surface area contributed by atoms with E-state index < -0.39 is 0 Å². The number of halogens is 2. The zero-order valence-electron chi connectivity index (χ0n) is 9.90. The van der Waals surface area contributed by atoms with Gasteiger partial charge in [-0.3, -0.25) is 0 Å². The molecule has 3 nitrogen and oxygen atoms in total. The molecule has 0 spiro atoms. The van der Waals surface area contributed by atoms with Gasteiger partial charge in [-0.1, -0.05) is 35.3 Å². The number of fused-ring (bicyclic) bond motifs is 1. The van der Waals surface area contributed by atoms with Gasteiger partial charge < -0.3 is 10.7 Å². The second kappa shape index (κ2) is 4.85. The fraction of sp³-hybridized carbons (Fsp3) is 0.0714. The summed E-state index contributed by atoms with van der Waals surface area (Å²) in [5.74, 6) is 0.694. The summed E-state index contributed by atoms with van der Waals surface area (Å²) in [6.07, 6.45) is 0. The number of hydrogen-bond donors (Lipinski definition) is 2. The zero-order chi connectivity index (χ0) is 13.4. The maximum absolute atomic E-state index is 6.20. The molecule has 0 radical (unpaired) electrons. The topological polar surface area (TPSA) is 54.7 Å². The molecule has 3 N–H and O–H groups in total. The normalized spacial score (nSPS) is 12.8. The average Bonchev–Trinajstić information content (AvgIpc) is 2.80. The first kappa shape index (κ1) is 12.5. The molecule has 2 aromatic carbocycles. The van der Waals surface area contributed by atoms with Gasteiger partial charge in [0.1, 0.15) is 5.82 Å². The van der Waals surface area contributed by atoms with Gasteiger partial charge in [-0.15, -0.1) is 0 Å². The summed E-state index contributed by atoms with van der Waals surface area (Å²) < 4.78 is 0. The van der Waals surface area contributed by atoms with Crippen LogP contribution in [0.2, 0.25) is 10.0 Å². The van der Waals surface area contributed by atoms with Gasteiger partial charge in [0.25, 0.3) is 0 Å². The van der Waals surface area contributed by atoms with Gasteiger partial charge in [0.2, 0.25) is 0 Å². The number of nitrogens with zero attached hydrogens (tertiary/aromatic N) is 1. The van der Waals surface area contributed by atoms with E-state index in [1.807, 2.05) is 42.5 Å².